The molecule has 0 saturated carbocycles. The molecule has 0 aliphatic heterocycles. The van der Waals surface area contributed by atoms with Crippen molar-refractivity contribution < 1.29 is 9.53 Å². The minimum absolute atomic E-state index is 0.171. The Morgan fingerprint density at radius 3 is 2.47 bits per heavy atom. The van der Waals surface area contributed by atoms with E-state index in [0.717, 1.165) is 16.9 Å². The topological polar surface area (TPSA) is 26.3 Å². The van der Waals surface area contributed by atoms with Gasteiger partial charge in [-0.1, -0.05) is 36.3 Å². The molecule has 0 spiro atoms. The zero-order chi connectivity index (χ0) is 13.7. The summed E-state index contributed by atoms with van der Waals surface area (Å²) in [6.07, 6.45) is 0. The molecule has 19 heavy (non-hydrogen) atoms. The molecule has 0 heterocycles. The molecule has 0 radical (unpaired) electrons. The fourth-order valence-corrected chi connectivity index (χ4v) is 1.69. The van der Waals surface area contributed by atoms with E-state index in [1.807, 2.05) is 43.3 Å². The molecule has 94 valence electrons. The lowest BCUT2D eigenvalue weighted by Gasteiger charge is -2.02. The third kappa shape index (κ3) is 3.23. The van der Waals surface area contributed by atoms with Gasteiger partial charge < -0.3 is 4.74 Å². The predicted octanol–water partition coefficient (Wildman–Crippen LogP) is 3.24. The Labute approximate surface area is 113 Å². The minimum Gasteiger partial charge on any atom is -0.497 e. The molecule has 0 aliphatic carbocycles. The fraction of sp³-hybridized carbons (Fsp3) is 0.118. The van der Waals surface area contributed by atoms with Crippen LogP contribution in [0.4, 0.5) is 0 Å². The summed E-state index contributed by atoms with van der Waals surface area (Å²) in [6.45, 7) is 1.94. The van der Waals surface area contributed by atoms with Gasteiger partial charge in [0.1, 0.15) is 5.75 Å². The van der Waals surface area contributed by atoms with Gasteiger partial charge in [0, 0.05) is 11.1 Å². The standard InChI is InChI=1S/C17H14O2/c1-13-12-16(19-2)10-8-14(13)9-11-17(18)15-6-4-3-5-7-15/h3-8,10,12H,1-2H3. The maximum atomic E-state index is 11.9. The summed E-state index contributed by atoms with van der Waals surface area (Å²) in [5.74, 6) is 6.19. The van der Waals surface area contributed by atoms with Crippen LogP contribution in [-0.2, 0) is 0 Å². The SMILES string of the molecule is COc1ccc(C#CC(=O)c2ccccc2)c(C)c1. The highest BCUT2D eigenvalue weighted by molar-refractivity contribution is 6.09. The van der Waals surface area contributed by atoms with E-state index in [-0.39, 0.29) is 5.78 Å². The van der Waals surface area contributed by atoms with E-state index in [0.29, 0.717) is 5.56 Å². The summed E-state index contributed by atoms with van der Waals surface area (Å²) < 4.78 is 5.13. The molecule has 2 heteroatoms. The monoisotopic (exact) mass is 250 g/mol. The number of Topliss-reactive ketones (excluding diaryl/α,β-unsaturated/α-hetero) is 1. The van der Waals surface area contributed by atoms with E-state index in [4.69, 9.17) is 4.74 Å². The number of carbonyl (C=O) groups is 1. The number of ketones is 1. The summed E-state index contributed by atoms with van der Waals surface area (Å²) >= 11 is 0. The average Bonchev–Trinajstić information content (AvgIpc) is 2.46. The first-order valence-corrected chi connectivity index (χ1v) is 5.97. The van der Waals surface area contributed by atoms with Gasteiger partial charge in [0.2, 0.25) is 5.78 Å². The molecular weight excluding hydrogens is 236 g/mol. The Bertz CT molecular complexity index is 646. The summed E-state index contributed by atoms with van der Waals surface area (Å²) in [4.78, 5) is 11.9. The van der Waals surface area contributed by atoms with Crippen LogP contribution in [0.1, 0.15) is 21.5 Å². The number of carbonyl (C=O) groups excluding carboxylic acids is 1. The summed E-state index contributed by atoms with van der Waals surface area (Å²) in [6, 6.07) is 14.6. The van der Waals surface area contributed by atoms with Crippen molar-refractivity contribution in [3.63, 3.8) is 0 Å². The Hall–Kier alpha value is -2.53. The Morgan fingerprint density at radius 2 is 1.84 bits per heavy atom. The van der Waals surface area contributed by atoms with Crippen LogP contribution < -0.4 is 4.74 Å². The van der Waals surface area contributed by atoms with Crippen LogP contribution in [0.2, 0.25) is 0 Å². The van der Waals surface area contributed by atoms with Crippen molar-refractivity contribution >= 4 is 5.78 Å². The Morgan fingerprint density at radius 1 is 1.11 bits per heavy atom. The smallest absolute Gasteiger partial charge is 0.236 e. The second-order valence-electron chi connectivity index (χ2n) is 4.13. The molecule has 0 unspecified atom stereocenters. The number of ether oxygens (including phenoxy) is 1. The van der Waals surface area contributed by atoms with Gasteiger partial charge >= 0.3 is 0 Å². The number of aryl methyl sites for hydroxylation is 1. The zero-order valence-corrected chi connectivity index (χ0v) is 10.9. The van der Waals surface area contributed by atoms with Crippen molar-refractivity contribution in [1.82, 2.24) is 0 Å². The first-order valence-electron chi connectivity index (χ1n) is 5.97. The van der Waals surface area contributed by atoms with E-state index in [2.05, 4.69) is 11.8 Å². The molecule has 2 nitrogen and oxygen atoms in total. The van der Waals surface area contributed by atoms with Gasteiger partial charge in [0.15, 0.2) is 0 Å². The van der Waals surface area contributed by atoms with Gasteiger partial charge in [-0.2, -0.15) is 0 Å². The number of hydrogen-bond donors (Lipinski definition) is 0. The molecular formula is C17H14O2. The largest absolute Gasteiger partial charge is 0.497 e. The lowest BCUT2D eigenvalue weighted by atomic mass is 10.1. The normalized spacial score (nSPS) is 9.37. The van der Waals surface area contributed by atoms with Crippen molar-refractivity contribution in [2.75, 3.05) is 7.11 Å². The second kappa shape index (κ2) is 5.88. The van der Waals surface area contributed by atoms with Gasteiger partial charge in [-0.15, -0.1) is 0 Å². The average molecular weight is 250 g/mol. The van der Waals surface area contributed by atoms with Crippen LogP contribution in [0.5, 0.6) is 5.75 Å². The predicted molar refractivity (Wildman–Crippen MR) is 75.4 cm³/mol. The summed E-state index contributed by atoms with van der Waals surface area (Å²) in [7, 11) is 1.62. The van der Waals surface area contributed by atoms with Crippen molar-refractivity contribution in [3.8, 4) is 17.6 Å². The maximum Gasteiger partial charge on any atom is 0.236 e. The second-order valence-corrected chi connectivity index (χ2v) is 4.13. The molecule has 0 amide bonds. The van der Waals surface area contributed by atoms with Crippen LogP contribution in [0, 0.1) is 18.8 Å². The van der Waals surface area contributed by atoms with E-state index >= 15 is 0 Å². The van der Waals surface area contributed by atoms with E-state index in [9.17, 15) is 4.79 Å². The molecule has 2 aromatic carbocycles. The molecule has 0 bridgehead atoms. The molecule has 0 aromatic heterocycles. The highest BCUT2D eigenvalue weighted by Gasteiger charge is 2.01. The highest BCUT2D eigenvalue weighted by Crippen LogP contribution is 2.15. The fourth-order valence-electron chi connectivity index (χ4n) is 1.69. The number of methoxy groups -OCH3 is 1. The molecule has 2 rings (SSSR count). The van der Waals surface area contributed by atoms with E-state index in [1.165, 1.54) is 0 Å². The summed E-state index contributed by atoms with van der Waals surface area (Å²) in [5.41, 5.74) is 2.44. The molecule has 0 saturated heterocycles. The molecule has 2 aromatic rings. The van der Waals surface area contributed by atoms with Crippen molar-refractivity contribution in [2.24, 2.45) is 0 Å². The first kappa shape index (κ1) is 12.9. The van der Waals surface area contributed by atoms with Crippen molar-refractivity contribution in [1.29, 1.82) is 0 Å². The van der Waals surface area contributed by atoms with Crippen LogP contribution in [0.25, 0.3) is 0 Å². The summed E-state index contributed by atoms with van der Waals surface area (Å²) in [5, 5.41) is 0. The van der Waals surface area contributed by atoms with Crippen molar-refractivity contribution in [3.05, 3.63) is 65.2 Å². The molecule has 0 atom stereocenters. The molecule has 0 N–H and O–H groups in total. The number of benzene rings is 2. The zero-order valence-electron chi connectivity index (χ0n) is 10.9. The molecule has 0 aliphatic rings. The number of hydrogen-bond acceptors (Lipinski definition) is 2. The van der Waals surface area contributed by atoms with Crippen LogP contribution >= 0.6 is 0 Å². The van der Waals surface area contributed by atoms with Gasteiger partial charge in [-0.3, -0.25) is 4.79 Å². The highest BCUT2D eigenvalue weighted by atomic mass is 16.5. The quantitative estimate of drug-likeness (QED) is 0.604. The first-order chi connectivity index (χ1) is 9.20. The Balaban J connectivity index is 2.23. The van der Waals surface area contributed by atoms with E-state index < -0.39 is 0 Å². The van der Waals surface area contributed by atoms with Gasteiger partial charge in [-0.25, -0.2) is 0 Å². The van der Waals surface area contributed by atoms with E-state index in [1.54, 1.807) is 19.2 Å². The van der Waals surface area contributed by atoms with Gasteiger partial charge in [0.25, 0.3) is 0 Å². The minimum atomic E-state index is -0.171. The van der Waals surface area contributed by atoms with Gasteiger partial charge in [-0.05, 0) is 36.6 Å². The van der Waals surface area contributed by atoms with Gasteiger partial charge in [0.05, 0.1) is 7.11 Å². The van der Waals surface area contributed by atoms with Crippen LogP contribution in [-0.4, -0.2) is 12.9 Å². The third-order valence-electron chi connectivity index (χ3n) is 2.78. The lowest BCUT2D eigenvalue weighted by molar-refractivity contribution is 0.105. The Kier molecular flexibility index (Phi) is 4.00. The van der Waals surface area contributed by atoms with Crippen molar-refractivity contribution in [2.45, 2.75) is 6.92 Å². The van der Waals surface area contributed by atoms with Crippen LogP contribution in [0.15, 0.2) is 48.5 Å². The lowest BCUT2D eigenvalue weighted by Crippen LogP contribution is -1.94. The maximum absolute atomic E-state index is 11.9. The number of rotatable bonds is 2. The molecule has 0 fully saturated rings. The van der Waals surface area contributed by atoms with Crippen LogP contribution in [0.3, 0.4) is 0 Å². The third-order valence-corrected chi connectivity index (χ3v) is 2.78.